The van der Waals surface area contributed by atoms with Crippen molar-refractivity contribution in [1.29, 1.82) is 0 Å². The van der Waals surface area contributed by atoms with Gasteiger partial charge in [0.05, 0.1) is 24.8 Å². The molecule has 21 heavy (non-hydrogen) atoms. The monoisotopic (exact) mass is 318 g/mol. The summed E-state index contributed by atoms with van der Waals surface area (Å²) < 4.78 is 16.1. The fourth-order valence-corrected chi connectivity index (χ4v) is 2.08. The Morgan fingerprint density at radius 1 is 1.52 bits per heavy atom. The van der Waals surface area contributed by atoms with Crippen molar-refractivity contribution in [2.45, 2.75) is 31.9 Å². The highest BCUT2D eigenvalue weighted by Crippen LogP contribution is 2.11. The zero-order valence-corrected chi connectivity index (χ0v) is 12.8. The predicted molar refractivity (Wildman–Crippen MR) is 80.6 cm³/mol. The standard InChI is InChI=1S/C14H22N2O4.ClH/c15-8-13-7-11(9-20-13)14(17)16-4-2-5-18-10-12-3-1-6-19-12;/h7,9,12H,1-6,8,10,15H2,(H,16,17);1H. The number of nitrogens with one attached hydrogen (secondary N) is 1. The highest BCUT2D eigenvalue weighted by molar-refractivity contribution is 5.93. The van der Waals surface area contributed by atoms with E-state index in [0.717, 1.165) is 25.9 Å². The molecule has 1 fully saturated rings. The van der Waals surface area contributed by atoms with Gasteiger partial charge in [0.15, 0.2) is 0 Å². The summed E-state index contributed by atoms with van der Waals surface area (Å²) in [5, 5.41) is 2.81. The third-order valence-corrected chi connectivity index (χ3v) is 3.20. The van der Waals surface area contributed by atoms with Crippen molar-refractivity contribution in [1.82, 2.24) is 5.32 Å². The molecule has 0 spiro atoms. The van der Waals surface area contributed by atoms with E-state index in [4.69, 9.17) is 19.6 Å². The molecule has 1 saturated heterocycles. The molecule has 0 radical (unpaired) electrons. The highest BCUT2D eigenvalue weighted by atomic mass is 35.5. The van der Waals surface area contributed by atoms with Crippen molar-refractivity contribution >= 4 is 18.3 Å². The lowest BCUT2D eigenvalue weighted by Gasteiger charge is -2.10. The number of hydrogen-bond donors (Lipinski definition) is 2. The minimum Gasteiger partial charge on any atom is -0.467 e. The molecule has 0 aromatic carbocycles. The molecule has 0 saturated carbocycles. The van der Waals surface area contributed by atoms with Crippen LogP contribution in [0.4, 0.5) is 0 Å². The normalized spacial score (nSPS) is 17.5. The minimum absolute atomic E-state index is 0. The van der Waals surface area contributed by atoms with Gasteiger partial charge in [-0.2, -0.15) is 0 Å². The molecule has 3 N–H and O–H groups in total. The Kier molecular flexibility index (Phi) is 8.37. The quantitative estimate of drug-likeness (QED) is 0.709. The lowest BCUT2D eigenvalue weighted by Crippen LogP contribution is -2.25. The summed E-state index contributed by atoms with van der Waals surface area (Å²) in [6, 6.07) is 1.66. The van der Waals surface area contributed by atoms with Crippen molar-refractivity contribution in [3.8, 4) is 0 Å². The van der Waals surface area contributed by atoms with E-state index in [0.29, 0.717) is 37.6 Å². The molecule has 1 aliphatic heterocycles. The second-order valence-electron chi connectivity index (χ2n) is 4.83. The van der Waals surface area contributed by atoms with E-state index in [2.05, 4.69) is 5.32 Å². The largest absolute Gasteiger partial charge is 0.467 e. The molecule has 6 nitrogen and oxygen atoms in total. The van der Waals surface area contributed by atoms with E-state index in [1.165, 1.54) is 6.26 Å². The van der Waals surface area contributed by atoms with Gasteiger partial charge in [-0.25, -0.2) is 0 Å². The van der Waals surface area contributed by atoms with E-state index in [1.807, 2.05) is 0 Å². The first-order valence-electron chi connectivity index (χ1n) is 7.04. The van der Waals surface area contributed by atoms with Crippen molar-refractivity contribution in [3.05, 3.63) is 23.7 Å². The molecule has 1 amide bonds. The molecule has 1 aliphatic rings. The minimum atomic E-state index is -0.146. The van der Waals surface area contributed by atoms with Gasteiger partial charge in [-0.1, -0.05) is 0 Å². The van der Waals surface area contributed by atoms with Gasteiger partial charge >= 0.3 is 0 Å². The van der Waals surface area contributed by atoms with Crippen molar-refractivity contribution < 1.29 is 18.7 Å². The molecule has 1 aromatic rings. The molecule has 0 aliphatic carbocycles. The second kappa shape index (κ2) is 9.78. The molecule has 2 rings (SSSR count). The number of hydrogen-bond acceptors (Lipinski definition) is 5. The van der Waals surface area contributed by atoms with Crippen LogP contribution < -0.4 is 11.1 Å². The Balaban J connectivity index is 0.00000220. The van der Waals surface area contributed by atoms with Gasteiger partial charge in [0.25, 0.3) is 5.91 Å². The zero-order chi connectivity index (χ0) is 14.2. The third-order valence-electron chi connectivity index (χ3n) is 3.20. The second-order valence-corrected chi connectivity index (χ2v) is 4.83. The fraction of sp³-hybridized carbons (Fsp3) is 0.643. The summed E-state index contributed by atoms with van der Waals surface area (Å²) in [4.78, 5) is 11.7. The number of furan rings is 1. The van der Waals surface area contributed by atoms with Gasteiger partial charge in [-0.3, -0.25) is 4.79 Å². The number of rotatable bonds is 8. The molecule has 120 valence electrons. The Bertz CT molecular complexity index is 419. The van der Waals surface area contributed by atoms with Gasteiger partial charge in [0.1, 0.15) is 12.0 Å². The lowest BCUT2D eigenvalue weighted by molar-refractivity contribution is 0.0166. The maximum Gasteiger partial charge on any atom is 0.254 e. The molecule has 2 heterocycles. The maximum atomic E-state index is 11.7. The van der Waals surface area contributed by atoms with Crippen LogP contribution in [0.5, 0.6) is 0 Å². The number of carbonyl (C=O) groups is 1. The molecule has 0 bridgehead atoms. The SMILES string of the molecule is Cl.NCc1cc(C(=O)NCCCOCC2CCCO2)co1. The number of ether oxygens (including phenoxy) is 2. The van der Waals surface area contributed by atoms with Crippen molar-refractivity contribution in [2.24, 2.45) is 5.73 Å². The van der Waals surface area contributed by atoms with E-state index >= 15 is 0 Å². The summed E-state index contributed by atoms with van der Waals surface area (Å²) in [6.45, 7) is 2.99. The Labute approximate surface area is 130 Å². The first-order valence-corrected chi connectivity index (χ1v) is 7.04. The smallest absolute Gasteiger partial charge is 0.254 e. The Hall–Kier alpha value is -1.08. The van der Waals surface area contributed by atoms with Crippen LogP contribution in [-0.4, -0.2) is 38.4 Å². The first-order chi connectivity index (χ1) is 9.79. The summed E-state index contributed by atoms with van der Waals surface area (Å²) in [5.41, 5.74) is 5.92. The van der Waals surface area contributed by atoms with E-state index in [9.17, 15) is 4.79 Å². The number of carbonyl (C=O) groups excluding carboxylic acids is 1. The summed E-state index contributed by atoms with van der Waals surface area (Å²) >= 11 is 0. The zero-order valence-electron chi connectivity index (χ0n) is 12.0. The molecule has 1 unspecified atom stereocenters. The van der Waals surface area contributed by atoms with Crippen LogP contribution in [0.1, 0.15) is 35.4 Å². The Morgan fingerprint density at radius 2 is 2.38 bits per heavy atom. The van der Waals surface area contributed by atoms with Crippen molar-refractivity contribution in [3.63, 3.8) is 0 Å². The van der Waals surface area contributed by atoms with Crippen LogP contribution in [-0.2, 0) is 16.0 Å². The van der Waals surface area contributed by atoms with Crippen LogP contribution in [0.15, 0.2) is 16.7 Å². The van der Waals surface area contributed by atoms with Crippen LogP contribution in [0, 0.1) is 0 Å². The van der Waals surface area contributed by atoms with Crippen molar-refractivity contribution in [2.75, 3.05) is 26.4 Å². The van der Waals surface area contributed by atoms with Gasteiger partial charge in [-0.15, -0.1) is 12.4 Å². The van der Waals surface area contributed by atoms with Crippen LogP contribution in [0.3, 0.4) is 0 Å². The van der Waals surface area contributed by atoms with Gasteiger partial charge < -0.3 is 24.9 Å². The average Bonchev–Trinajstić information content (AvgIpc) is 3.13. The van der Waals surface area contributed by atoms with Gasteiger partial charge in [-0.05, 0) is 25.3 Å². The molecular formula is C14H23ClN2O4. The third kappa shape index (κ3) is 6.05. The van der Waals surface area contributed by atoms with E-state index < -0.39 is 0 Å². The summed E-state index contributed by atoms with van der Waals surface area (Å²) in [6.07, 6.45) is 4.66. The topological polar surface area (TPSA) is 86.7 Å². The maximum absolute atomic E-state index is 11.7. The fourth-order valence-electron chi connectivity index (χ4n) is 2.08. The number of nitrogens with two attached hydrogens (primary N) is 1. The number of amides is 1. The van der Waals surface area contributed by atoms with E-state index in [1.54, 1.807) is 6.07 Å². The van der Waals surface area contributed by atoms with E-state index in [-0.39, 0.29) is 24.4 Å². The number of halogens is 1. The Morgan fingerprint density at radius 3 is 3.05 bits per heavy atom. The first kappa shape index (κ1) is 18.0. The predicted octanol–water partition coefficient (Wildman–Crippen LogP) is 1.48. The van der Waals surface area contributed by atoms with Crippen LogP contribution >= 0.6 is 12.4 Å². The lowest BCUT2D eigenvalue weighted by atomic mass is 10.2. The molecule has 7 heteroatoms. The highest BCUT2D eigenvalue weighted by Gasteiger charge is 2.15. The molecular weight excluding hydrogens is 296 g/mol. The van der Waals surface area contributed by atoms with Gasteiger partial charge in [0, 0.05) is 19.8 Å². The van der Waals surface area contributed by atoms with Crippen LogP contribution in [0.2, 0.25) is 0 Å². The molecule has 1 atom stereocenters. The summed E-state index contributed by atoms with van der Waals surface area (Å²) in [5.74, 6) is 0.461. The molecule has 1 aromatic heterocycles. The van der Waals surface area contributed by atoms with Crippen LogP contribution in [0.25, 0.3) is 0 Å². The van der Waals surface area contributed by atoms with Gasteiger partial charge in [0.2, 0.25) is 0 Å². The summed E-state index contributed by atoms with van der Waals surface area (Å²) in [7, 11) is 0. The average molecular weight is 319 g/mol.